The van der Waals surface area contributed by atoms with Crippen LogP contribution >= 0.6 is 0 Å². The van der Waals surface area contributed by atoms with E-state index in [0.717, 1.165) is 12.2 Å². The molecule has 1 atom stereocenters. The fourth-order valence-electron chi connectivity index (χ4n) is 2.61. The van der Waals surface area contributed by atoms with Crippen LogP contribution in [0.5, 0.6) is 0 Å². The van der Waals surface area contributed by atoms with E-state index in [9.17, 15) is 4.79 Å². The van der Waals surface area contributed by atoms with Crippen molar-refractivity contribution in [1.29, 1.82) is 0 Å². The number of allylic oxidation sites excluding steroid dienone is 3. The summed E-state index contributed by atoms with van der Waals surface area (Å²) in [7, 11) is 0.185. The van der Waals surface area contributed by atoms with E-state index in [1.807, 2.05) is 13.0 Å². The normalized spacial score (nSPS) is 27.6. The van der Waals surface area contributed by atoms with Gasteiger partial charge in [0.15, 0.2) is 11.4 Å². The third-order valence-electron chi connectivity index (χ3n) is 3.53. The first-order valence-corrected chi connectivity index (χ1v) is 9.67. The van der Waals surface area contributed by atoms with Gasteiger partial charge in [-0.3, -0.25) is 4.79 Å². The molecular formula is C14H20O3Si. The Kier molecular flexibility index (Phi) is 3.01. The van der Waals surface area contributed by atoms with Gasteiger partial charge in [0, 0.05) is 12.5 Å². The highest BCUT2D eigenvalue weighted by Crippen LogP contribution is 2.44. The largest absolute Gasteiger partial charge is 0.496 e. The number of carbonyl (C=O) groups is 1. The number of hydrogen-bond donors (Lipinski definition) is 0. The smallest absolute Gasteiger partial charge is 0.187 e. The topological polar surface area (TPSA) is 35.5 Å². The molecule has 0 aromatic heterocycles. The van der Waals surface area contributed by atoms with Crippen LogP contribution in [0.2, 0.25) is 19.6 Å². The molecule has 0 radical (unpaired) electrons. The fraction of sp³-hybridized carbons (Fsp3) is 0.500. The zero-order valence-electron chi connectivity index (χ0n) is 11.7. The van der Waals surface area contributed by atoms with E-state index in [-0.39, 0.29) is 5.78 Å². The number of ether oxygens (including phenoxy) is 2. The van der Waals surface area contributed by atoms with Crippen molar-refractivity contribution >= 4 is 13.9 Å². The molecule has 0 saturated carbocycles. The molecule has 2 aliphatic rings. The van der Waals surface area contributed by atoms with Gasteiger partial charge in [0.25, 0.3) is 0 Å². The zero-order valence-corrected chi connectivity index (χ0v) is 12.7. The lowest BCUT2D eigenvalue weighted by molar-refractivity contribution is -0.111. The van der Waals surface area contributed by atoms with Gasteiger partial charge in [0.05, 0.1) is 20.9 Å². The van der Waals surface area contributed by atoms with Crippen molar-refractivity contribution in [3.63, 3.8) is 0 Å². The Balaban J connectivity index is 2.36. The molecule has 0 N–H and O–H groups in total. The summed E-state index contributed by atoms with van der Waals surface area (Å²) in [4.78, 5) is 11.4. The van der Waals surface area contributed by atoms with E-state index in [0.29, 0.717) is 5.76 Å². The Morgan fingerprint density at radius 2 is 2.06 bits per heavy atom. The van der Waals surface area contributed by atoms with E-state index < -0.39 is 13.7 Å². The van der Waals surface area contributed by atoms with E-state index in [1.54, 1.807) is 13.2 Å². The van der Waals surface area contributed by atoms with Gasteiger partial charge in [-0.15, -0.1) is 0 Å². The molecule has 0 aromatic rings. The minimum atomic E-state index is -1.40. The second kappa shape index (κ2) is 4.12. The summed E-state index contributed by atoms with van der Waals surface area (Å²) in [5.74, 6) is 1.57. The maximum atomic E-state index is 11.4. The molecule has 1 heterocycles. The van der Waals surface area contributed by atoms with E-state index in [4.69, 9.17) is 9.47 Å². The number of methoxy groups -OCH3 is 1. The molecule has 1 aliphatic heterocycles. The van der Waals surface area contributed by atoms with Crippen molar-refractivity contribution in [2.75, 3.05) is 7.11 Å². The maximum Gasteiger partial charge on any atom is 0.187 e. The predicted octanol–water partition coefficient (Wildman–Crippen LogP) is 2.97. The minimum absolute atomic E-state index is 0.0415. The molecular weight excluding hydrogens is 244 g/mol. The van der Waals surface area contributed by atoms with Crippen molar-refractivity contribution in [1.82, 2.24) is 0 Å². The first-order valence-electron chi connectivity index (χ1n) is 6.17. The van der Waals surface area contributed by atoms with E-state index in [1.165, 1.54) is 11.3 Å². The van der Waals surface area contributed by atoms with Crippen molar-refractivity contribution in [2.24, 2.45) is 0 Å². The predicted molar refractivity (Wildman–Crippen MR) is 73.7 cm³/mol. The molecule has 0 aromatic carbocycles. The van der Waals surface area contributed by atoms with Crippen LogP contribution in [-0.4, -0.2) is 26.6 Å². The van der Waals surface area contributed by atoms with Crippen LogP contribution in [0.1, 0.15) is 13.3 Å². The summed E-state index contributed by atoms with van der Waals surface area (Å²) < 4.78 is 11.4. The van der Waals surface area contributed by atoms with Crippen LogP contribution in [0.25, 0.3) is 0 Å². The van der Waals surface area contributed by atoms with Gasteiger partial charge in [-0.05, 0) is 24.3 Å². The fourth-order valence-corrected chi connectivity index (χ4v) is 4.51. The molecule has 0 amide bonds. The van der Waals surface area contributed by atoms with Gasteiger partial charge in [-0.2, -0.15) is 0 Å². The minimum Gasteiger partial charge on any atom is -0.496 e. The highest BCUT2D eigenvalue weighted by Gasteiger charge is 2.46. The summed E-state index contributed by atoms with van der Waals surface area (Å²) in [5.41, 5.74) is -0.581. The molecule has 2 rings (SSSR count). The summed E-state index contributed by atoms with van der Waals surface area (Å²) in [6.07, 6.45) is 5.74. The van der Waals surface area contributed by atoms with Crippen LogP contribution in [0.15, 0.2) is 34.9 Å². The third kappa shape index (κ3) is 2.05. The van der Waals surface area contributed by atoms with Gasteiger partial charge < -0.3 is 9.47 Å². The van der Waals surface area contributed by atoms with E-state index in [2.05, 4.69) is 19.6 Å². The van der Waals surface area contributed by atoms with Crippen LogP contribution in [0.4, 0.5) is 0 Å². The van der Waals surface area contributed by atoms with Crippen LogP contribution < -0.4 is 0 Å². The Morgan fingerprint density at radius 3 is 2.56 bits per heavy atom. The van der Waals surface area contributed by atoms with E-state index >= 15 is 0 Å². The van der Waals surface area contributed by atoms with Gasteiger partial charge in [-0.25, -0.2) is 0 Å². The Bertz CT molecular complexity index is 480. The lowest BCUT2D eigenvalue weighted by Gasteiger charge is -2.30. The van der Waals surface area contributed by atoms with Gasteiger partial charge in [0.1, 0.15) is 5.76 Å². The molecule has 3 nitrogen and oxygen atoms in total. The summed E-state index contributed by atoms with van der Waals surface area (Å²) in [5, 5.41) is 1.41. The summed E-state index contributed by atoms with van der Waals surface area (Å²) in [6.45, 7) is 8.94. The summed E-state index contributed by atoms with van der Waals surface area (Å²) in [6, 6.07) is 0. The molecule has 1 aliphatic carbocycles. The Morgan fingerprint density at radius 1 is 1.39 bits per heavy atom. The lowest BCUT2D eigenvalue weighted by Crippen LogP contribution is -2.34. The molecule has 0 bridgehead atoms. The number of hydrogen-bond acceptors (Lipinski definition) is 3. The van der Waals surface area contributed by atoms with Gasteiger partial charge >= 0.3 is 0 Å². The Labute approximate surface area is 109 Å². The second-order valence-electron chi connectivity index (χ2n) is 5.90. The molecule has 98 valence electrons. The summed E-state index contributed by atoms with van der Waals surface area (Å²) >= 11 is 0. The highest BCUT2D eigenvalue weighted by molar-refractivity contribution is 6.83. The molecule has 1 spiro atoms. The quantitative estimate of drug-likeness (QED) is 0.719. The standard InChI is InChI=1S/C14H20O3Si/c1-10-12(18(3,4)5)9-14(17-10)7-6-11(15)8-13(14)16-2/h6-8H,9H2,1-5H3/t14-/m0/s1. The van der Waals surface area contributed by atoms with Crippen molar-refractivity contribution < 1.29 is 14.3 Å². The number of rotatable bonds is 2. The van der Waals surface area contributed by atoms with Crippen LogP contribution in [-0.2, 0) is 14.3 Å². The first-order chi connectivity index (χ1) is 8.28. The number of ketones is 1. The molecule has 4 heteroatoms. The second-order valence-corrected chi connectivity index (χ2v) is 11.0. The van der Waals surface area contributed by atoms with Crippen molar-refractivity contribution in [3.8, 4) is 0 Å². The van der Waals surface area contributed by atoms with Crippen LogP contribution in [0, 0.1) is 0 Å². The van der Waals surface area contributed by atoms with Gasteiger partial charge in [0.2, 0.25) is 0 Å². The highest BCUT2D eigenvalue weighted by atomic mass is 28.3. The van der Waals surface area contributed by atoms with Crippen LogP contribution in [0.3, 0.4) is 0 Å². The third-order valence-corrected chi connectivity index (χ3v) is 5.87. The monoisotopic (exact) mass is 264 g/mol. The van der Waals surface area contributed by atoms with Crippen molar-refractivity contribution in [3.05, 3.63) is 34.9 Å². The Hall–Kier alpha value is -1.29. The number of carbonyl (C=O) groups excluding carboxylic acids is 1. The average molecular weight is 264 g/mol. The average Bonchev–Trinajstić information content (AvgIpc) is 2.60. The maximum absolute atomic E-state index is 11.4. The molecule has 0 unspecified atom stereocenters. The molecule has 18 heavy (non-hydrogen) atoms. The zero-order chi connectivity index (χ0) is 13.6. The van der Waals surface area contributed by atoms with Crippen molar-refractivity contribution in [2.45, 2.75) is 38.6 Å². The molecule has 0 fully saturated rings. The lowest BCUT2D eigenvalue weighted by atomic mass is 9.92. The molecule has 0 saturated heterocycles. The SMILES string of the molecule is COC1=CC(=O)C=C[C@]12CC([Si](C)(C)C)=C(C)O2. The first kappa shape index (κ1) is 13.1. The van der Waals surface area contributed by atoms with Gasteiger partial charge in [-0.1, -0.05) is 19.6 Å².